The van der Waals surface area contributed by atoms with Gasteiger partial charge in [-0.05, 0) is 30.5 Å². The van der Waals surface area contributed by atoms with Crippen molar-refractivity contribution in [3.05, 3.63) is 41.7 Å². The van der Waals surface area contributed by atoms with Gasteiger partial charge in [0.25, 0.3) is 0 Å². The lowest BCUT2D eigenvalue weighted by atomic mass is 9.99. The topological polar surface area (TPSA) is 35.2 Å². The molecule has 1 aromatic carbocycles. The number of hydrogen-bond acceptors (Lipinski definition) is 2. The second kappa shape index (κ2) is 5.66. The van der Waals surface area contributed by atoms with Crippen LogP contribution in [0.4, 0.5) is 4.39 Å². The molecule has 0 spiro atoms. The smallest absolute Gasteiger partial charge is 0.165 e. The summed E-state index contributed by atoms with van der Waals surface area (Å²) in [6, 6.07) is 4.61. The number of hydrogen-bond donors (Lipinski definition) is 1. The Morgan fingerprint density at radius 1 is 1.56 bits per heavy atom. The molecule has 16 heavy (non-hydrogen) atoms. The molecule has 1 atom stereocenters. The normalized spacial score (nSPS) is 12.2. The van der Waals surface area contributed by atoms with Crippen molar-refractivity contribution < 1.29 is 9.13 Å². The highest BCUT2D eigenvalue weighted by Crippen LogP contribution is 2.24. The van der Waals surface area contributed by atoms with Crippen molar-refractivity contribution in [1.82, 2.24) is 0 Å². The average molecular weight is 223 g/mol. The van der Waals surface area contributed by atoms with Crippen molar-refractivity contribution in [2.45, 2.75) is 25.8 Å². The van der Waals surface area contributed by atoms with Crippen LogP contribution < -0.4 is 10.5 Å². The number of ether oxygens (including phenoxy) is 1. The van der Waals surface area contributed by atoms with E-state index in [4.69, 9.17) is 10.5 Å². The van der Waals surface area contributed by atoms with Crippen LogP contribution in [0.2, 0.25) is 0 Å². The van der Waals surface area contributed by atoms with E-state index in [9.17, 15) is 4.39 Å². The van der Waals surface area contributed by atoms with Crippen LogP contribution in [-0.2, 0) is 0 Å². The maximum atomic E-state index is 13.4. The van der Waals surface area contributed by atoms with Gasteiger partial charge in [0.1, 0.15) is 0 Å². The van der Waals surface area contributed by atoms with Crippen LogP contribution in [-0.4, -0.2) is 7.11 Å². The van der Waals surface area contributed by atoms with E-state index in [2.05, 4.69) is 6.58 Å². The molecule has 0 saturated heterocycles. The van der Waals surface area contributed by atoms with Gasteiger partial charge < -0.3 is 10.5 Å². The Bertz CT molecular complexity index is 376. The fraction of sp³-hybridized carbons (Fsp3) is 0.385. The van der Waals surface area contributed by atoms with E-state index in [-0.39, 0.29) is 17.6 Å². The molecule has 0 aliphatic carbocycles. The average Bonchev–Trinajstić information content (AvgIpc) is 2.28. The Hall–Kier alpha value is -1.35. The van der Waals surface area contributed by atoms with Gasteiger partial charge in [-0.2, -0.15) is 0 Å². The lowest BCUT2D eigenvalue weighted by molar-refractivity contribution is 0.386. The molecule has 0 radical (unpaired) electrons. The van der Waals surface area contributed by atoms with Gasteiger partial charge in [0.15, 0.2) is 11.6 Å². The summed E-state index contributed by atoms with van der Waals surface area (Å²) in [7, 11) is 1.44. The lowest BCUT2D eigenvalue weighted by Crippen LogP contribution is -2.11. The van der Waals surface area contributed by atoms with Crippen molar-refractivity contribution in [2.75, 3.05) is 7.11 Å². The van der Waals surface area contributed by atoms with Gasteiger partial charge in [-0.1, -0.05) is 25.1 Å². The first-order valence-electron chi connectivity index (χ1n) is 5.34. The molecule has 1 unspecified atom stereocenters. The lowest BCUT2D eigenvalue weighted by Gasteiger charge is -2.14. The summed E-state index contributed by atoms with van der Waals surface area (Å²) in [5.41, 5.74) is 7.81. The van der Waals surface area contributed by atoms with Gasteiger partial charge in [0.05, 0.1) is 7.11 Å². The third-order valence-electron chi connectivity index (χ3n) is 2.61. The fourth-order valence-corrected chi connectivity index (χ4v) is 1.49. The molecule has 2 nitrogen and oxygen atoms in total. The Balaban J connectivity index is 2.80. The zero-order chi connectivity index (χ0) is 12.1. The molecule has 3 heteroatoms. The summed E-state index contributed by atoms with van der Waals surface area (Å²) in [6.45, 7) is 5.93. The number of benzene rings is 1. The summed E-state index contributed by atoms with van der Waals surface area (Å²) >= 11 is 0. The Morgan fingerprint density at radius 2 is 2.25 bits per heavy atom. The van der Waals surface area contributed by atoms with Crippen molar-refractivity contribution in [3.8, 4) is 5.75 Å². The predicted octanol–water partition coefficient (Wildman–Crippen LogP) is 3.19. The maximum absolute atomic E-state index is 13.4. The standard InChI is InChI=1S/C13H18FNO/c1-4-9(2)7-12(15)10-5-6-13(16-3)11(14)8-10/h5-6,8,12H,2,4,7,15H2,1,3H3. The minimum Gasteiger partial charge on any atom is -0.494 e. The molecule has 0 amide bonds. The molecule has 2 N–H and O–H groups in total. The Kier molecular flexibility index (Phi) is 4.50. The number of methoxy groups -OCH3 is 1. The van der Waals surface area contributed by atoms with Gasteiger partial charge >= 0.3 is 0 Å². The first-order chi connectivity index (χ1) is 7.58. The third kappa shape index (κ3) is 3.07. The van der Waals surface area contributed by atoms with E-state index in [1.165, 1.54) is 13.2 Å². The van der Waals surface area contributed by atoms with Crippen LogP contribution in [0.25, 0.3) is 0 Å². The maximum Gasteiger partial charge on any atom is 0.165 e. The third-order valence-corrected chi connectivity index (χ3v) is 2.61. The molecule has 0 bridgehead atoms. The molecule has 88 valence electrons. The molecule has 1 aromatic rings. The van der Waals surface area contributed by atoms with Crippen molar-refractivity contribution in [1.29, 1.82) is 0 Å². The second-order valence-electron chi connectivity index (χ2n) is 3.81. The van der Waals surface area contributed by atoms with Gasteiger partial charge in [0.2, 0.25) is 0 Å². The molecular formula is C13H18FNO. The summed E-state index contributed by atoms with van der Waals surface area (Å²) in [5.74, 6) is -0.136. The molecule has 0 aliphatic rings. The first kappa shape index (κ1) is 12.7. The van der Waals surface area contributed by atoms with Crippen LogP contribution in [0, 0.1) is 5.82 Å². The summed E-state index contributed by atoms with van der Waals surface area (Å²) in [6.07, 6.45) is 1.58. The van der Waals surface area contributed by atoms with E-state index >= 15 is 0 Å². The van der Waals surface area contributed by atoms with Crippen LogP contribution in [0.5, 0.6) is 5.75 Å². The molecule has 0 saturated carbocycles. The Morgan fingerprint density at radius 3 is 2.75 bits per heavy atom. The molecule has 0 aromatic heterocycles. The molecule has 1 rings (SSSR count). The monoisotopic (exact) mass is 223 g/mol. The highest BCUT2D eigenvalue weighted by Gasteiger charge is 2.10. The predicted molar refractivity (Wildman–Crippen MR) is 63.9 cm³/mol. The van der Waals surface area contributed by atoms with E-state index in [1.54, 1.807) is 12.1 Å². The fourth-order valence-electron chi connectivity index (χ4n) is 1.49. The number of rotatable bonds is 5. The minimum absolute atomic E-state index is 0.201. The number of halogens is 1. The van der Waals surface area contributed by atoms with Crippen LogP contribution >= 0.6 is 0 Å². The first-order valence-corrected chi connectivity index (χ1v) is 5.34. The summed E-state index contributed by atoms with van der Waals surface area (Å²) in [5, 5.41) is 0. The molecular weight excluding hydrogens is 205 g/mol. The highest BCUT2D eigenvalue weighted by molar-refractivity contribution is 5.31. The number of nitrogens with two attached hydrogens (primary N) is 1. The SMILES string of the molecule is C=C(CC)CC(N)c1ccc(OC)c(F)c1. The Labute approximate surface area is 95.9 Å². The van der Waals surface area contributed by atoms with Crippen LogP contribution in [0.3, 0.4) is 0 Å². The van der Waals surface area contributed by atoms with E-state index in [0.29, 0.717) is 6.42 Å². The van der Waals surface area contributed by atoms with Crippen molar-refractivity contribution >= 4 is 0 Å². The van der Waals surface area contributed by atoms with Crippen molar-refractivity contribution in [2.24, 2.45) is 5.73 Å². The molecule has 0 heterocycles. The zero-order valence-electron chi connectivity index (χ0n) is 9.79. The largest absolute Gasteiger partial charge is 0.494 e. The summed E-state index contributed by atoms with van der Waals surface area (Å²) in [4.78, 5) is 0. The zero-order valence-corrected chi connectivity index (χ0v) is 9.79. The van der Waals surface area contributed by atoms with Crippen LogP contribution in [0.1, 0.15) is 31.4 Å². The summed E-state index contributed by atoms with van der Waals surface area (Å²) < 4.78 is 18.3. The second-order valence-corrected chi connectivity index (χ2v) is 3.81. The molecule has 0 fully saturated rings. The van der Waals surface area contributed by atoms with E-state index < -0.39 is 0 Å². The van der Waals surface area contributed by atoms with Gasteiger partial charge in [-0.15, -0.1) is 0 Å². The van der Waals surface area contributed by atoms with E-state index in [0.717, 1.165) is 17.6 Å². The van der Waals surface area contributed by atoms with Gasteiger partial charge in [-0.25, -0.2) is 4.39 Å². The van der Waals surface area contributed by atoms with Crippen molar-refractivity contribution in [3.63, 3.8) is 0 Å². The minimum atomic E-state index is -0.377. The highest BCUT2D eigenvalue weighted by atomic mass is 19.1. The molecule has 0 aliphatic heterocycles. The van der Waals surface area contributed by atoms with E-state index in [1.807, 2.05) is 6.92 Å². The quantitative estimate of drug-likeness (QED) is 0.778. The van der Waals surface area contributed by atoms with Crippen LogP contribution in [0.15, 0.2) is 30.4 Å². The van der Waals surface area contributed by atoms with Gasteiger partial charge in [-0.3, -0.25) is 0 Å². The van der Waals surface area contributed by atoms with Gasteiger partial charge in [0, 0.05) is 6.04 Å².